The van der Waals surface area contributed by atoms with Crippen LogP contribution in [-0.4, -0.2) is 17.0 Å². The van der Waals surface area contributed by atoms with Gasteiger partial charge in [0.05, 0.1) is 10.9 Å². The average molecular weight is 433 g/mol. The van der Waals surface area contributed by atoms with Gasteiger partial charge in [-0.2, -0.15) is 0 Å². The standard InChI is InChI=1S/C20H10Cl2O7/c21-7-1-3-11-9(5-7)16(23)14(19(25)27-11)13-15-17(29-18(13)24)10-6-8(22)2-4-12(10)28-20(15)26/h1-6,13,15,17,23H. The summed E-state index contributed by atoms with van der Waals surface area (Å²) in [5.74, 6) is -4.47. The van der Waals surface area contributed by atoms with Crippen LogP contribution in [0.25, 0.3) is 11.0 Å². The summed E-state index contributed by atoms with van der Waals surface area (Å²) in [6, 6.07) is 8.87. The van der Waals surface area contributed by atoms with Crippen molar-refractivity contribution in [3.63, 3.8) is 0 Å². The molecule has 2 aromatic carbocycles. The highest BCUT2D eigenvalue weighted by molar-refractivity contribution is 6.31. The Bertz CT molecular complexity index is 1280. The largest absolute Gasteiger partial charge is 0.507 e. The molecular formula is C20H10Cl2O7. The smallest absolute Gasteiger partial charge is 0.344 e. The van der Waals surface area contributed by atoms with E-state index >= 15 is 0 Å². The molecule has 3 unspecified atom stereocenters. The number of halogens is 2. The number of esters is 2. The molecule has 9 heteroatoms. The van der Waals surface area contributed by atoms with E-state index in [1.165, 1.54) is 36.4 Å². The van der Waals surface area contributed by atoms with Gasteiger partial charge in [-0.3, -0.25) is 9.59 Å². The number of carbonyl (C=O) groups excluding carboxylic acids is 2. The highest BCUT2D eigenvalue weighted by atomic mass is 35.5. The van der Waals surface area contributed by atoms with Crippen molar-refractivity contribution in [1.29, 1.82) is 0 Å². The fraction of sp³-hybridized carbons (Fsp3) is 0.150. The fourth-order valence-corrected chi connectivity index (χ4v) is 4.22. The number of carbonyl (C=O) groups is 2. The third kappa shape index (κ3) is 2.62. The molecule has 1 aromatic heterocycles. The second-order valence-corrected chi connectivity index (χ2v) is 7.63. The third-order valence-electron chi connectivity index (χ3n) is 5.13. The minimum absolute atomic E-state index is 0.0897. The van der Waals surface area contributed by atoms with E-state index in [1.54, 1.807) is 0 Å². The van der Waals surface area contributed by atoms with Gasteiger partial charge in [-0.05, 0) is 36.4 Å². The van der Waals surface area contributed by atoms with Crippen LogP contribution in [-0.2, 0) is 14.3 Å². The topological polar surface area (TPSA) is 103 Å². The van der Waals surface area contributed by atoms with Gasteiger partial charge in [0.25, 0.3) is 0 Å². The van der Waals surface area contributed by atoms with E-state index in [2.05, 4.69) is 0 Å². The second kappa shape index (κ2) is 6.23. The Kier molecular flexibility index (Phi) is 3.88. The Labute approximate surface area is 172 Å². The van der Waals surface area contributed by atoms with Crippen molar-refractivity contribution in [3.05, 3.63) is 68.0 Å². The zero-order valence-corrected chi connectivity index (χ0v) is 15.9. The molecule has 1 fully saturated rings. The van der Waals surface area contributed by atoms with E-state index in [-0.39, 0.29) is 22.3 Å². The highest BCUT2D eigenvalue weighted by Gasteiger charge is 2.56. The lowest BCUT2D eigenvalue weighted by molar-refractivity contribution is -0.145. The van der Waals surface area contributed by atoms with Crippen LogP contribution in [0.5, 0.6) is 11.5 Å². The van der Waals surface area contributed by atoms with Gasteiger partial charge in [-0.1, -0.05) is 23.2 Å². The molecule has 0 radical (unpaired) electrons. The van der Waals surface area contributed by atoms with Gasteiger partial charge in [0.15, 0.2) is 0 Å². The van der Waals surface area contributed by atoms with Crippen molar-refractivity contribution in [2.24, 2.45) is 5.92 Å². The second-order valence-electron chi connectivity index (χ2n) is 6.76. The highest BCUT2D eigenvalue weighted by Crippen LogP contribution is 2.52. The summed E-state index contributed by atoms with van der Waals surface area (Å²) >= 11 is 12.0. The normalized spacial score (nSPS) is 22.8. The Morgan fingerprint density at radius 1 is 0.931 bits per heavy atom. The van der Waals surface area contributed by atoms with Gasteiger partial charge in [-0.25, -0.2) is 4.79 Å². The van der Waals surface area contributed by atoms with Gasteiger partial charge >= 0.3 is 17.6 Å². The molecular weight excluding hydrogens is 423 g/mol. The van der Waals surface area contributed by atoms with Gasteiger partial charge in [0.2, 0.25) is 0 Å². The summed E-state index contributed by atoms with van der Waals surface area (Å²) < 4.78 is 16.0. The van der Waals surface area contributed by atoms with Gasteiger partial charge < -0.3 is 19.0 Å². The lowest BCUT2D eigenvalue weighted by atomic mass is 9.81. The van der Waals surface area contributed by atoms with Crippen LogP contribution < -0.4 is 10.4 Å². The maximum Gasteiger partial charge on any atom is 0.344 e. The Morgan fingerprint density at radius 3 is 2.45 bits per heavy atom. The third-order valence-corrected chi connectivity index (χ3v) is 5.60. The summed E-state index contributed by atoms with van der Waals surface area (Å²) in [7, 11) is 0. The van der Waals surface area contributed by atoms with Crippen LogP contribution in [0.2, 0.25) is 10.0 Å². The Hall–Kier alpha value is -3.03. The van der Waals surface area contributed by atoms with Crippen LogP contribution >= 0.6 is 23.2 Å². The summed E-state index contributed by atoms with van der Waals surface area (Å²) in [5, 5.41) is 11.5. The van der Waals surface area contributed by atoms with E-state index in [0.29, 0.717) is 15.6 Å². The van der Waals surface area contributed by atoms with E-state index in [9.17, 15) is 19.5 Å². The quantitative estimate of drug-likeness (QED) is 0.355. The lowest BCUT2D eigenvalue weighted by Crippen LogP contribution is -2.34. The summed E-state index contributed by atoms with van der Waals surface area (Å²) in [6.45, 7) is 0. The molecule has 3 heterocycles. The van der Waals surface area contributed by atoms with E-state index < -0.39 is 41.3 Å². The predicted molar refractivity (Wildman–Crippen MR) is 101 cm³/mol. The van der Waals surface area contributed by atoms with E-state index in [4.69, 9.17) is 37.1 Å². The number of hydrogen-bond acceptors (Lipinski definition) is 7. The molecule has 29 heavy (non-hydrogen) atoms. The van der Waals surface area contributed by atoms with Crippen molar-refractivity contribution in [3.8, 4) is 11.5 Å². The molecule has 0 spiro atoms. The van der Waals surface area contributed by atoms with Crippen LogP contribution in [0.4, 0.5) is 0 Å². The van der Waals surface area contributed by atoms with Gasteiger partial charge in [0, 0.05) is 15.6 Å². The predicted octanol–water partition coefficient (Wildman–Crippen LogP) is 3.72. The number of benzene rings is 2. The molecule has 146 valence electrons. The maximum atomic E-state index is 12.7. The Balaban J connectivity index is 1.71. The van der Waals surface area contributed by atoms with Crippen LogP contribution in [0.15, 0.2) is 45.6 Å². The molecule has 2 aliphatic rings. The first-order chi connectivity index (χ1) is 13.8. The van der Waals surface area contributed by atoms with Crippen molar-refractivity contribution in [2.45, 2.75) is 12.0 Å². The fourth-order valence-electron chi connectivity index (χ4n) is 3.87. The molecule has 7 nitrogen and oxygen atoms in total. The minimum Gasteiger partial charge on any atom is -0.507 e. The first-order valence-electron chi connectivity index (χ1n) is 8.52. The molecule has 5 rings (SSSR count). The lowest BCUT2D eigenvalue weighted by Gasteiger charge is -2.26. The molecule has 3 atom stereocenters. The van der Waals surface area contributed by atoms with Crippen LogP contribution in [0.3, 0.4) is 0 Å². The molecule has 3 aromatic rings. The van der Waals surface area contributed by atoms with Crippen LogP contribution in [0, 0.1) is 5.92 Å². The number of ether oxygens (including phenoxy) is 2. The number of aromatic hydroxyl groups is 1. The molecule has 0 amide bonds. The molecule has 1 N–H and O–H groups in total. The first-order valence-corrected chi connectivity index (χ1v) is 9.27. The van der Waals surface area contributed by atoms with Crippen molar-refractivity contribution >= 4 is 46.1 Å². The summed E-state index contributed by atoms with van der Waals surface area (Å²) in [4.78, 5) is 38.0. The number of fused-ring (bicyclic) bond motifs is 4. The minimum atomic E-state index is -1.40. The Morgan fingerprint density at radius 2 is 1.66 bits per heavy atom. The molecule has 2 aliphatic heterocycles. The van der Waals surface area contributed by atoms with E-state index in [0.717, 1.165) is 0 Å². The zero-order valence-electron chi connectivity index (χ0n) is 14.3. The molecule has 0 bridgehead atoms. The van der Waals surface area contributed by atoms with E-state index in [1.807, 2.05) is 0 Å². The first kappa shape index (κ1) is 18.0. The SMILES string of the molecule is O=C1OC2c3cc(Cl)ccc3OC(=O)C2C1c1c(O)c2cc(Cl)ccc2oc1=O. The average Bonchev–Trinajstić information content (AvgIpc) is 3.01. The monoisotopic (exact) mass is 432 g/mol. The van der Waals surface area contributed by atoms with Crippen molar-refractivity contribution < 1.29 is 28.6 Å². The molecule has 0 aliphatic carbocycles. The van der Waals surface area contributed by atoms with Crippen LogP contribution in [0.1, 0.15) is 23.1 Å². The zero-order chi connectivity index (χ0) is 20.4. The van der Waals surface area contributed by atoms with Gasteiger partial charge in [0.1, 0.15) is 35.0 Å². The summed E-state index contributed by atoms with van der Waals surface area (Å²) in [5.41, 5.74) is -0.832. The maximum absolute atomic E-state index is 12.7. The molecule has 0 saturated carbocycles. The number of rotatable bonds is 1. The van der Waals surface area contributed by atoms with Crippen molar-refractivity contribution in [1.82, 2.24) is 0 Å². The number of hydrogen-bond donors (Lipinski definition) is 1. The summed E-state index contributed by atoms with van der Waals surface area (Å²) in [6.07, 6.45) is -1.00. The van der Waals surface area contributed by atoms with Gasteiger partial charge in [-0.15, -0.1) is 0 Å². The molecule has 1 saturated heterocycles. The van der Waals surface area contributed by atoms with Crippen molar-refractivity contribution in [2.75, 3.05) is 0 Å².